The van der Waals surface area contributed by atoms with Crippen LogP contribution in [-0.2, 0) is 4.79 Å². The Morgan fingerprint density at radius 1 is 1.20 bits per heavy atom. The molecule has 0 spiro atoms. The van der Waals surface area contributed by atoms with Gasteiger partial charge in [-0.2, -0.15) is 0 Å². The number of halogens is 1. The van der Waals surface area contributed by atoms with Crippen LogP contribution in [0.5, 0.6) is 0 Å². The van der Waals surface area contributed by atoms with E-state index in [0.717, 1.165) is 18.4 Å². The topological polar surface area (TPSA) is 62.3 Å². The van der Waals surface area contributed by atoms with E-state index < -0.39 is 0 Å². The van der Waals surface area contributed by atoms with E-state index in [2.05, 4.69) is 10.3 Å². The second-order valence-corrected chi connectivity index (χ2v) is 6.31. The maximum absolute atomic E-state index is 13.0. The number of carbonyl (C=O) groups is 2. The fourth-order valence-electron chi connectivity index (χ4n) is 2.92. The second kappa shape index (κ2) is 7.42. The lowest BCUT2D eigenvalue weighted by Crippen LogP contribution is -2.43. The molecule has 0 bridgehead atoms. The Hall–Kier alpha value is -2.76. The molecule has 1 N–H and O–H groups in total. The number of rotatable bonds is 3. The monoisotopic (exact) mass is 341 g/mol. The summed E-state index contributed by atoms with van der Waals surface area (Å²) in [5.41, 5.74) is 1.45. The normalized spacial score (nSPS) is 17.2. The van der Waals surface area contributed by atoms with Crippen molar-refractivity contribution < 1.29 is 14.0 Å². The van der Waals surface area contributed by atoms with Gasteiger partial charge in [-0.15, -0.1) is 0 Å². The van der Waals surface area contributed by atoms with Crippen molar-refractivity contribution in [3.8, 4) is 0 Å². The van der Waals surface area contributed by atoms with E-state index >= 15 is 0 Å². The Morgan fingerprint density at radius 3 is 2.64 bits per heavy atom. The summed E-state index contributed by atoms with van der Waals surface area (Å²) in [4.78, 5) is 30.8. The Bertz CT molecular complexity index is 759. The molecule has 6 heteroatoms. The number of nitrogens with one attached hydrogen (secondary N) is 1. The minimum Gasteiger partial charge on any atom is -0.338 e. The highest BCUT2D eigenvalue weighted by Crippen LogP contribution is 2.20. The van der Waals surface area contributed by atoms with Crippen molar-refractivity contribution in [2.45, 2.75) is 19.8 Å². The van der Waals surface area contributed by atoms with Crippen molar-refractivity contribution in [1.29, 1.82) is 0 Å². The van der Waals surface area contributed by atoms with Gasteiger partial charge in [0.1, 0.15) is 11.6 Å². The van der Waals surface area contributed by atoms with Gasteiger partial charge in [0.15, 0.2) is 0 Å². The molecule has 2 heterocycles. The van der Waals surface area contributed by atoms with Crippen molar-refractivity contribution >= 4 is 17.6 Å². The summed E-state index contributed by atoms with van der Waals surface area (Å²) in [6.45, 7) is 2.88. The highest BCUT2D eigenvalue weighted by Gasteiger charge is 2.29. The number of benzene rings is 1. The SMILES string of the molecule is Cc1ccc(NC(=O)C2CCCN(C(=O)c3ccc(F)cc3)C2)nc1. The van der Waals surface area contributed by atoms with Crippen LogP contribution in [0.3, 0.4) is 0 Å². The van der Waals surface area contributed by atoms with Gasteiger partial charge in [0, 0.05) is 24.8 Å². The number of pyridine rings is 1. The number of aryl methyl sites for hydroxylation is 1. The number of likely N-dealkylation sites (tertiary alicyclic amines) is 1. The molecule has 1 fully saturated rings. The van der Waals surface area contributed by atoms with E-state index in [9.17, 15) is 14.0 Å². The summed E-state index contributed by atoms with van der Waals surface area (Å²) in [5, 5.41) is 2.81. The Labute approximate surface area is 145 Å². The first-order valence-electron chi connectivity index (χ1n) is 8.31. The molecule has 1 saturated heterocycles. The molecule has 1 unspecified atom stereocenters. The van der Waals surface area contributed by atoms with E-state index in [-0.39, 0.29) is 23.5 Å². The lowest BCUT2D eigenvalue weighted by Gasteiger charge is -2.32. The smallest absolute Gasteiger partial charge is 0.253 e. The van der Waals surface area contributed by atoms with Crippen LogP contribution in [0.4, 0.5) is 10.2 Å². The molecule has 1 aliphatic heterocycles. The van der Waals surface area contributed by atoms with Crippen LogP contribution in [0.2, 0.25) is 0 Å². The largest absolute Gasteiger partial charge is 0.338 e. The zero-order chi connectivity index (χ0) is 17.8. The molecule has 1 aliphatic rings. The Morgan fingerprint density at radius 2 is 1.96 bits per heavy atom. The molecule has 2 amide bonds. The lowest BCUT2D eigenvalue weighted by molar-refractivity contribution is -0.121. The maximum atomic E-state index is 13.0. The van der Waals surface area contributed by atoms with Crippen molar-refractivity contribution in [1.82, 2.24) is 9.88 Å². The molecule has 0 saturated carbocycles. The van der Waals surface area contributed by atoms with Gasteiger partial charge < -0.3 is 10.2 Å². The number of aromatic nitrogens is 1. The molecule has 1 atom stereocenters. The van der Waals surface area contributed by atoms with Gasteiger partial charge in [0.25, 0.3) is 5.91 Å². The number of amides is 2. The first-order valence-corrected chi connectivity index (χ1v) is 8.31. The minimum atomic E-state index is -0.377. The molecule has 1 aromatic heterocycles. The number of hydrogen-bond donors (Lipinski definition) is 1. The van der Waals surface area contributed by atoms with Crippen LogP contribution in [0.1, 0.15) is 28.8 Å². The standard InChI is InChI=1S/C19H20FN3O2/c1-13-4-9-17(21-11-13)22-18(24)15-3-2-10-23(12-15)19(25)14-5-7-16(20)8-6-14/h4-9,11,15H,2-3,10,12H2,1H3,(H,21,22,24). The number of anilines is 1. The lowest BCUT2D eigenvalue weighted by atomic mass is 9.96. The van der Waals surface area contributed by atoms with Crippen LogP contribution < -0.4 is 5.32 Å². The van der Waals surface area contributed by atoms with E-state index in [1.165, 1.54) is 24.3 Å². The molecule has 130 valence electrons. The van der Waals surface area contributed by atoms with Crippen molar-refractivity contribution in [2.75, 3.05) is 18.4 Å². The molecular formula is C19H20FN3O2. The van der Waals surface area contributed by atoms with Gasteiger partial charge in [0.2, 0.25) is 5.91 Å². The average Bonchev–Trinajstić information content (AvgIpc) is 2.64. The van der Waals surface area contributed by atoms with E-state index in [1.54, 1.807) is 17.2 Å². The first kappa shape index (κ1) is 17.1. The quantitative estimate of drug-likeness (QED) is 0.933. The molecular weight excluding hydrogens is 321 g/mol. The van der Waals surface area contributed by atoms with Gasteiger partial charge in [-0.25, -0.2) is 9.37 Å². The van der Waals surface area contributed by atoms with Crippen LogP contribution in [0.15, 0.2) is 42.6 Å². The van der Waals surface area contributed by atoms with Gasteiger partial charge >= 0.3 is 0 Å². The van der Waals surface area contributed by atoms with Crippen molar-refractivity contribution in [3.63, 3.8) is 0 Å². The summed E-state index contributed by atoms with van der Waals surface area (Å²) < 4.78 is 13.0. The predicted molar refractivity (Wildman–Crippen MR) is 92.6 cm³/mol. The minimum absolute atomic E-state index is 0.132. The van der Waals surface area contributed by atoms with Crippen molar-refractivity contribution in [3.05, 3.63) is 59.5 Å². The van der Waals surface area contributed by atoms with Crippen LogP contribution >= 0.6 is 0 Å². The summed E-state index contributed by atoms with van der Waals surface area (Å²) in [7, 11) is 0. The fourth-order valence-corrected chi connectivity index (χ4v) is 2.92. The molecule has 3 rings (SSSR count). The maximum Gasteiger partial charge on any atom is 0.253 e. The zero-order valence-corrected chi connectivity index (χ0v) is 14.0. The van der Waals surface area contributed by atoms with E-state index in [4.69, 9.17) is 0 Å². The summed E-state index contributed by atoms with van der Waals surface area (Å²) >= 11 is 0. The Kier molecular flexibility index (Phi) is 5.07. The third kappa shape index (κ3) is 4.21. The summed E-state index contributed by atoms with van der Waals surface area (Å²) in [5.74, 6) is -0.448. The highest BCUT2D eigenvalue weighted by atomic mass is 19.1. The molecule has 1 aromatic carbocycles. The van der Waals surface area contributed by atoms with Gasteiger partial charge in [-0.3, -0.25) is 9.59 Å². The summed E-state index contributed by atoms with van der Waals surface area (Å²) in [6.07, 6.45) is 3.18. The highest BCUT2D eigenvalue weighted by molar-refractivity contribution is 5.96. The first-order chi connectivity index (χ1) is 12.0. The van der Waals surface area contributed by atoms with E-state index in [1.807, 2.05) is 13.0 Å². The number of nitrogens with zero attached hydrogens (tertiary/aromatic N) is 2. The number of piperidine rings is 1. The molecule has 0 aliphatic carbocycles. The van der Waals surface area contributed by atoms with Gasteiger partial charge in [-0.1, -0.05) is 6.07 Å². The molecule has 2 aromatic rings. The Balaban J connectivity index is 1.63. The van der Waals surface area contributed by atoms with Gasteiger partial charge in [0.05, 0.1) is 5.92 Å². The number of hydrogen-bond acceptors (Lipinski definition) is 3. The van der Waals surface area contributed by atoms with E-state index in [0.29, 0.717) is 24.5 Å². The molecule has 25 heavy (non-hydrogen) atoms. The number of carbonyl (C=O) groups excluding carboxylic acids is 2. The zero-order valence-electron chi connectivity index (χ0n) is 14.0. The average molecular weight is 341 g/mol. The predicted octanol–water partition coefficient (Wildman–Crippen LogP) is 3.02. The van der Waals surface area contributed by atoms with Crippen LogP contribution in [-0.4, -0.2) is 34.8 Å². The van der Waals surface area contributed by atoms with Crippen LogP contribution in [0, 0.1) is 18.7 Å². The summed E-state index contributed by atoms with van der Waals surface area (Å²) in [6, 6.07) is 9.12. The van der Waals surface area contributed by atoms with Gasteiger partial charge in [-0.05, 0) is 55.7 Å². The molecule has 0 radical (unpaired) electrons. The second-order valence-electron chi connectivity index (χ2n) is 6.31. The fraction of sp³-hybridized carbons (Fsp3) is 0.316. The van der Waals surface area contributed by atoms with Crippen LogP contribution in [0.25, 0.3) is 0 Å². The third-order valence-electron chi connectivity index (χ3n) is 4.33. The molecule has 5 nitrogen and oxygen atoms in total. The van der Waals surface area contributed by atoms with Crippen molar-refractivity contribution in [2.24, 2.45) is 5.92 Å². The third-order valence-corrected chi connectivity index (χ3v) is 4.33.